The van der Waals surface area contributed by atoms with Crippen LogP contribution in [-0.4, -0.2) is 48.8 Å². The molecule has 1 amide bonds. The molecule has 1 aliphatic carbocycles. The highest BCUT2D eigenvalue weighted by Crippen LogP contribution is 2.49. The number of hydrogen-bond donors (Lipinski definition) is 1. The van der Waals surface area contributed by atoms with Gasteiger partial charge in [0.2, 0.25) is 0 Å². The van der Waals surface area contributed by atoms with Crippen LogP contribution < -0.4 is 10.2 Å². The summed E-state index contributed by atoms with van der Waals surface area (Å²) >= 11 is 1.64. The topological polar surface area (TPSA) is 80.8 Å². The largest absolute Gasteiger partial charge is 0.444 e. The molecule has 0 saturated carbocycles. The van der Waals surface area contributed by atoms with Crippen LogP contribution in [0.1, 0.15) is 61.8 Å². The summed E-state index contributed by atoms with van der Waals surface area (Å²) in [7, 11) is 0. The van der Waals surface area contributed by atoms with Crippen LogP contribution in [0.5, 0.6) is 0 Å². The highest BCUT2D eigenvalue weighted by Gasteiger charge is 2.37. The van der Waals surface area contributed by atoms with Crippen molar-refractivity contribution in [1.82, 2.24) is 10.3 Å². The number of aromatic nitrogens is 1. The van der Waals surface area contributed by atoms with Gasteiger partial charge in [0.1, 0.15) is 5.60 Å². The summed E-state index contributed by atoms with van der Waals surface area (Å²) < 4.78 is 11.0. The predicted octanol–water partition coefficient (Wildman–Crippen LogP) is 6.49. The van der Waals surface area contributed by atoms with Gasteiger partial charge in [0.15, 0.2) is 5.78 Å². The smallest absolute Gasteiger partial charge is 0.407 e. The Morgan fingerprint density at radius 1 is 1.13 bits per heavy atom. The number of fused-ring (bicyclic) bond motifs is 1. The minimum atomic E-state index is -0.545. The van der Waals surface area contributed by atoms with E-state index in [1.165, 1.54) is 0 Å². The van der Waals surface area contributed by atoms with E-state index in [2.05, 4.69) is 36.2 Å². The van der Waals surface area contributed by atoms with Crippen LogP contribution in [0.3, 0.4) is 0 Å². The van der Waals surface area contributed by atoms with Crippen LogP contribution in [0.15, 0.2) is 42.6 Å². The van der Waals surface area contributed by atoms with Gasteiger partial charge < -0.3 is 19.7 Å². The molecule has 2 aliphatic rings. The fraction of sp³-hybridized carbons (Fsp3) is 0.452. The summed E-state index contributed by atoms with van der Waals surface area (Å²) in [5.41, 5.74) is 5.54. The quantitative estimate of drug-likeness (QED) is 0.393. The van der Waals surface area contributed by atoms with Crippen molar-refractivity contribution < 1.29 is 19.1 Å². The minimum absolute atomic E-state index is 0.0759. The maximum Gasteiger partial charge on any atom is 0.407 e. The van der Waals surface area contributed by atoms with E-state index in [-0.39, 0.29) is 11.2 Å². The van der Waals surface area contributed by atoms with Crippen molar-refractivity contribution in [1.29, 1.82) is 0 Å². The molecule has 0 unspecified atom stereocenters. The average Bonchev–Trinajstić information content (AvgIpc) is 3.26. The molecule has 0 bridgehead atoms. The highest BCUT2D eigenvalue weighted by molar-refractivity contribution is 7.19. The number of carbonyl (C=O) groups excluding carboxylic acids is 2. The first-order valence-electron chi connectivity index (χ1n) is 13.5. The van der Waals surface area contributed by atoms with Gasteiger partial charge in [-0.3, -0.25) is 9.78 Å². The Bertz CT molecular complexity index is 1380. The zero-order valence-corrected chi connectivity index (χ0v) is 24.2. The molecule has 3 heterocycles. The maximum absolute atomic E-state index is 13.2. The summed E-state index contributed by atoms with van der Waals surface area (Å²) in [4.78, 5) is 33.3. The van der Waals surface area contributed by atoms with E-state index in [0.29, 0.717) is 26.2 Å². The summed E-state index contributed by atoms with van der Waals surface area (Å²) in [5, 5.41) is 3.98. The van der Waals surface area contributed by atoms with Gasteiger partial charge in [0, 0.05) is 43.4 Å². The van der Waals surface area contributed by atoms with E-state index in [1.54, 1.807) is 11.3 Å². The molecule has 3 aromatic rings. The van der Waals surface area contributed by atoms with Crippen LogP contribution in [0.2, 0.25) is 0 Å². The lowest BCUT2D eigenvalue weighted by Gasteiger charge is -2.30. The van der Waals surface area contributed by atoms with Crippen molar-refractivity contribution in [2.75, 3.05) is 31.2 Å². The fourth-order valence-electron chi connectivity index (χ4n) is 5.26. The number of rotatable bonds is 5. The molecule has 0 atom stereocenters. The second-order valence-corrected chi connectivity index (χ2v) is 13.1. The van der Waals surface area contributed by atoms with Crippen LogP contribution in [0.4, 0.5) is 9.80 Å². The van der Waals surface area contributed by atoms with Crippen molar-refractivity contribution in [3.05, 3.63) is 58.6 Å². The number of benzene rings is 1. The summed E-state index contributed by atoms with van der Waals surface area (Å²) in [6.07, 6.45) is 2.85. The Balaban J connectivity index is 1.48. The number of nitrogens with zero attached hydrogens (tertiary/aromatic N) is 2. The second kappa shape index (κ2) is 10.7. The Hall–Kier alpha value is -3.23. The van der Waals surface area contributed by atoms with Crippen molar-refractivity contribution >= 4 is 28.2 Å². The molecule has 2 aromatic heterocycles. The molecular formula is C31H37N3O4S. The number of anilines is 1. The highest BCUT2D eigenvalue weighted by atomic mass is 32.1. The summed E-state index contributed by atoms with van der Waals surface area (Å²) in [6.45, 7) is 13.3. The molecule has 5 rings (SSSR count). The molecule has 206 valence electrons. The lowest BCUT2D eigenvalue weighted by molar-refractivity contribution is 0.0523. The molecule has 7 nitrogen and oxygen atoms in total. The standard InChI is InChI=1S/C31H37N3O4S/c1-30(2,3)38-29(36)33-19-20-7-6-8-21(15-20)24-16-22(9-10-32-24)26-23-17-31(4,5)18-25(35)27(23)39-28(26)34-11-13-37-14-12-34/h6-10,15-16H,11-14,17-19H2,1-5H3,(H,33,36). The molecule has 0 radical (unpaired) electrons. The van der Waals surface area contributed by atoms with Gasteiger partial charge >= 0.3 is 6.09 Å². The molecule has 1 fully saturated rings. The molecule has 1 aromatic carbocycles. The summed E-state index contributed by atoms with van der Waals surface area (Å²) in [6, 6.07) is 12.2. The number of ketones is 1. The molecule has 1 N–H and O–H groups in total. The number of morpholine rings is 1. The van der Waals surface area contributed by atoms with Gasteiger partial charge in [-0.2, -0.15) is 0 Å². The van der Waals surface area contributed by atoms with E-state index in [0.717, 1.165) is 62.9 Å². The Morgan fingerprint density at radius 2 is 1.90 bits per heavy atom. The Labute approximate surface area is 234 Å². The number of ether oxygens (including phenoxy) is 2. The van der Waals surface area contributed by atoms with Crippen LogP contribution in [0.25, 0.3) is 22.4 Å². The van der Waals surface area contributed by atoms with Crippen LogP contribution in [0, 0.1) is 5.41 Å². The van der Waals surface area contributed by atoms with Gasteiger partial charge in [-0.05, 0) is 67.5 Å². The average molecular weight is 548 g/mol. The second-order valence-electron chi connectivity index (χ2n) is 12.1. The van der Waals surface area contributed by atoms with E-state index in [1.807, 2.05) is 51.2 Å². The SMILES string of the molecule is CC1(C)CC(=O)c2sc(N3CCOCC3)c(-c3ccnc(-c4cccc(CNC(=O)OC(C)(C)C)c4)c3)c2C1. The first kappa shape index (κ1) is 27.3. The van der Waals surface area contributed by atoms with Gasteiger partial charge in [0.25, 0.3) is 0 Å². The monoisotopic (exact) mass is 547 g/mol. The number of carbonyl (C=O) groups is 2. The predicted molar refractivity (Wildman–Crippen MR) is 156 cm³/mol. The van der Waals surface area contributed by atoms with Crippen LogP contribution in [-0.2, 0) is 22.4 Å². The van der Waals surface area contributed by atoms with Crippen molar-refractivity contribution in [2.45, 2.75) is 59.6 Å². The molecule has 8 heteroatoms. The number of alkyl carbamates (subject to hydrolysis) is 1. The van der Waals surface area contributed by atoms with E-state index < -0.39 is 11.7 Å². The third kappa shape index (κ3) is 6.34. The third-order valence-electron chi connectivity index (χ3n) is 6.94. The number of thiophene rings is 1. The van der Waals surface area contributed by atoms with E-state index >= 15 is 0 Å². The number of amides is 1. The van der Waals surface area contributed by atoms with Gasteiger partial charge in [-0.25, -0.2) is 4.79 Å². The third-order valence-corrected chi connectivity index (χ3v) is 8.28. The Morgan fingerprint density at radius 3 is 2.64 bits per heavy atom. The zero-order valence-electron chi connectivity index (χ0n) is 23.4. The Kier molecular flexibility index (Phi) is 7.53. The zero-order chi connectivity index (χ0) is 27.8. The van der Waals surface area contributed by atoms with Crippen molar-refractivity contribution in [2.24, 2.45) is 5.41 Å². The lowest BCUT2D eigenvalue weighted by atomic mass is 9.75. The van der Waals surface area contributed by atoms with Gasteiger partial charge in [0.05, 0.1) is 28.8 Å². The van der Waals surface area contributed by atoms with Gasteiger partial charge in [-0.15, -0.1) is 11.3 Å². The minimum Gasteiger partial charge on any atom is -0.444 e. The molecule has 1 saturated heterocycles. The van der Waals surface area contributed by atoms with E-state index in [4.69, 9.17) is 14.5 Å². The number of nitrogens with one attached hydrogen (secondary N) is 1. The number of hydrogen-bond acceptors (Lipinski definition) is 7. The van der Waals surface area contributed by atoms with Crippen molar-refractivity contribution in [3.8, 4) is 22.4 Å². The fourth-order valence-corrected chi connectivity index (χ4v) is 6.59. The molecule has 1 aliphatic heterocycles. The molecular weight excluding hydrogens is 510 g/mol. The number of pyridine rings is 1. The molecule has 39 heavy (non-hydrogen) atoms. The summed E-state index contributed by atoms with van der Waals surface area (Å²) in [5.74, 6) is 0.242. The maximum atomic E-state index is 13.2. The van der Waals surface area contributed by atoms with Crippen LogP contribution >= 0.6 is 11.3 Å². The first-order valence-corrected chi connectivity index (χ1v) is 14.3. The lowest BCUT2D eigenvalue weighted by Crippen LogP contribution is -2.36. The van der Waals surface area contributed by atoms with Crippen molar-refractivity contribution in [3.63, 3.8) is 0 Å². The van der Waals surface area contributed by atoms with E-state index in [9.17, 15) is 9.59 Å². The first-order chi connectivity index (χ1) is 18.5. The molecule has 0 spiro atoms. The normalized spacial score (nSPS) is 17.1. The number of Topliss-reactive ketones (excluding diaryl/α,β-unsaturated/α-hetero) is 1. The van der Waals surface area contributed by atoms with Gasteiger partial charge in [-0.1, -0.05) is 32.0 Å².